The zero-order valence-electron chi connectivity index (χ0n) is 37.4. The van der Waals surface area contributed by atoms with Crippen LogP contribution in [0.2, 0.25) is 0 Å². The number of para-hydroxylation sites is 2. The Kier molecular flexibility index (Phi) is 8.20. The van der Waals surface area contributed by atoms with Crippen molar-refractivity contribution >= 4 is 0 Å². The summed E-state index contributed by atoms with van der Waals surface area (Å²) in [4.78, 5) is 0. The molecule has 0 saturated carbocycles. The summed E-state index contributed by atoms with van der Waals surface area (Å²) in [6, 6.07) is 6.57. The Morgan fingerprint density at radius 3 is 1.52 bits per heavy atom. The number of rotatable bonds is 14. The third kappa shape index (κ3) is 9.83. The second-order valence-electron chi connectivity index (χ2n) is 10.4. The molecule has 6 rings (SSSR count). The van der Waals surface area contributed by atoms with Gasteiger partial charge in [0.15, 0.2) is 0 Å². The minimum absolute atomic E-state index is 0.00772. The van der Waals surface area contributed by atoms with E-state index < -0.39 is 0 Å². The Morgan fingerprint density at radius 2 is 1.11 bits per heavy atom. The molecule has 0 N–H and O–H groups in total. The van der Waals surface area contributed by atoms with E-state index in [1.165, 1.54) is 9.13 Å². The number of unbranched alkanes of at least 4 members (excludes halogenated alkanes) is 4. The van der Waals surface area contributed by atoms with Crippen LogP contribution in [0.4, 0.5) is 0 Å². The fraction of sp³-hybridized carbons (Fsp3) is 0.333. The van der Waals surface area contributed by atoms with E-state index in [1.807, 2.05) is 64.7 Å². The van der Waals surface area contributed by atoms with E-state index >= 15 is 0 Å². The molecule has 4 heterocycles. The SMILES string of the molecule is [2H]c1[c-]c(-n2c([2H])c([2H])n(CCCCCc3cc(C)[n-]n3)[c]2=[Pt])c([2H])c([2H])c1[2H].[2H]c1[c-]c(-n2c([2H])c([2H])n(CCCCCc3cc(C)[n-]n3)[c]2=[Pt])c([2H])c([2H])c1[2H]. The predicted molar refractivity (Wildman–Crippen MR) is 171 cm³/mol. The molecule has 10 heteroatoms. The first-order valence-corrected chi connectivity index (χ1v) is 17.1. The average Bonchev–Trinajstić information content (AvgIpc) is 3.91. The number of imidazole rings is 2. The predicted octanol–water partition coefficient (Wildman–Crippen LogP) is 6.46. The zero-order valence-corrected chi connectivity index (χ0v) is 30.0. The van der Waals surface area contributed by atoms with E-state index in [0.29, 0.717) is 20.7 Å². The first-order valence-electron chi connectivity index (χ1n) is 20.8. The van der Waals surface area contributed by atoms with Crippen LogP contribution < -0.4 is 10.2 Å². The molecule has 46 heavy (non-hydrogen) atoms. The molecule has 0 aliphatic rings. The maximum absolute atomic E-state index is 8.28. The van der Waals surface area contributed by atoms with Crippen molar-refractivity contribution in [1.82, 2.24) is 38.7 Å². The molecule has 0 fully saturated rings. The Balaban J connectivity index is 0.000000221. The maximum atomic E-state index is 8.28. The van der Waals surface area contributed by atoms with Crippen molar-refractivity contribution in [3.63, 3.8) is 0 Å². The molecule has 248 valence electrons. The van der Waals surface area contributed by atoms with Crippen LogP contribution in [-0.4, -0.2) is 28.5 Å². The van der Waals surface area contributed by atoms with Crippen LogP contribution in [0.5, 0.6) is 0 Å². The Bertz CT molecular complexity index is 2380. The summed E-state index contributed by atoms with van der Waals surface area (Å²) in [6.45, 7) is 4.93. The van der Waals surface area contributed by atoms with Gasteiger partial charge in [-0.15, -0.1) is 0 Å². The van der Waals surface area contributed by atoms with Gasteiger partial charge in [0, 0.05) is 0 Å². The van der Waals surface area contributed by atoms with Crippen LogP contribution >= 0.6 is 0 Å². The first kappa shape index (κ1) is 21.5. The number of aryl methyl sites for hydroxylation is 4. The molecule has 4 aromatic heterocycles. The second kappa shape index (κ2) is 17.5. The van der Waals surface area contributed by atoms with Crippen molar-refractivity contribution in [2.24, 2.45) is 0 Å². The average molecular weight is 987 g/mol. The van der Waals surface area contributed by atoms with E-state index in [2.05, 4.69) is 32.5 Å². The second-order valence-corrected chi connectivity index (χ2v) is 12.5. The number of nitrogens with zero attached hydrogens (tertiary/aromatic N) is 8. The molecule has 0 aliphatic carbocycles. The zero-order chi connectivity index (χ0) is 42.6. The molecule has 6 aromatic rings. The van der Waals surface area contributed by atoms with E-state index in [-0.39, 0.29) is 84.4 Å². The number of hydrogen-bond acceptors (Lipinski definition) is 2. The summed E-state index contributed by atoms with van der Waals surface area (Å²) in [5.74, 6) is 0. The molecule has 2 aromatic carbocycles. The molecule has 0 amide bonds. The monoisotopic (exact) mass is 986 g/mol. The van der Waals surface area contributed by atoms with E-state index in [4.69, 9.17) is 16.4 Å². The van der Waals surface area contributed by atoms with Crippen molar-refractivity contribution in [2.45, 2.75) is 78.3 Å². The van der Waals surface area contributed by atoms with Crippen molar-refractivity contribution in [2.75, 3.05) is 0 Å². The van der Waals surface area contributed by atoms with Gasteiger partial charge in [-0.3, -0.25) is 0 Å². The van der Waals surface area contributed by atoms with Crippen LogP contribution in [0.3, 0.4) is 0 Å². The van der Waals surface area contributed by atoms with Crippen molar-refractivity contribution < 1.29 is 55.2 Å². The van der Waals surface area contributed by atoms with E-state index in [0.717, 1.165) is 74.1 Å². The van der Waals surface area contributed by atoms with Crippen molar-refractivity contribution in [3.05, 3.63) is 128 Å². The Hall–Kier alpha value is -3.34. The quantitative estimate of drug-likeness (QED) is 0.0929. The molecule has 0 unspecified atom stereocenters. The molecular formula is C36H40N8Pt2-4. The third-order valence-electron chi connectivity index (χ3n) is 6.82. The van der Waals surface area contributed by atoms with Gasteiger partial charge in [-0.1, -0.05) is 0 Å². The van der Waals surface area contributed by atoms with Gasteiger partial charge in [0.2, 0.25) is 0 Å². The molecule has 0 spiro atoms. The fourth-order valence-electron chi connectivity index (χ4n) is 4.54. The van der Waals surface area contributed by atoms with Crippen LogP contribution in [0, 0.1) is 33.6 Å². The number of benzene rings is 2. The molecule has 0 bridgehead atoms. The number of aromatic nitrogens is 8. The minimum atomic E-state index is -0.378. The van der Waals surface area contributed by atoms with E-state index in [9.17, 15) is 0 Å². The summed E-state index contributed by atoms with van der Waals surface area (Å²) in [5, 5.41) is 16.2. The molecule has 8 nitrogen and oxygen atoms in total. The van der Waals surface area contributed by atoms with Crippen molar-refractivity contribution in [1.29, 1.82) is 0 Å². The molecule has 0 aliphatic heterocycles. The van der Waals surface area contributed by atoms with Gasteiger partial charge in [0.1, 0.15) is 0 Å². The summed E-state index contributed by atoms with van der Waals surface area (Å²) in [6.07, 6.45) is 6.90. The van der Waals surface area contributed by atoms with Gasteiger partial charge in [-0.05, 0) is 0 Å². The molecular weight excluding hydrogens is 935 g/mol. The normalized spacial score (nSPS) is 14.7. The van der Waals surface area contributed by atoms with Gasteiger partial charge < -0.3 is 0 Å². The van der Waals surface area contributed by atoms with Crippen LogP contribution in [0.25, 0.3) is 11.4 Å². The Labute approximate surface area is 310 Å². The fourth-order valence-corrected chi connectivity index (χ4v) is 6.07. The number of hydrogen-bond donors (Lipinski definition) is 0. The van der Waals surface area contributed by atoms with Gasteiger partial charge in [-0.25, -0.2) is 0 Å². The van der Waals surface area contributed by atoms with Crippen LogP contribution in [-0.2, 0) is 64.6 Å². The van der Waals surface area contributed by atoms with Gasteiger partial charge in [0.25, 0.3) is 0 Å². The molecule has 0 saturated heterocycles. The Morgan fingerprint density at radius 1 is 0.652 bits per heavy atom. The topological polar surface area (TPSA) is 73.7 Å². The molecule has 0 radical (unpaired) electrons. The summed E-state index contributed by atoms with van der Waals surface area (Å²) in [7, 11) is 0. The van der Waals surface area contributed by atoms with Gasteiger partial charge in [0.05, 0.1) is 0 Å². The summed E-state index contributed by atoms with van der Waals surface area (Å²) >= 11 is 3.98. The standard InChI is InChI=1S/2C18H20N4.2Pt/c2*1-16-14-17(20-19-16)8-4-3-7-11-21-12-13-22(15-21)18-9-5-2-6-10-18;;/h2*2,5-6,9,12-14H,3-4,7-8,11H2,1H3;;/q2*-2;;/i2*2D,5D,6D,9D,12D,13D;;. The van der Waals surface area contributed by atoms with Crippen molar-refractivity contribution in [3.8, 4) is 11.4 Å². The van der Waals surface area contributed by atoms with E-state index in [1.54, 1.807) is 9.13 Å². The first-order chi connectivity index (χ1) is 27.4. The summed E-state index contributed by atoms with van der Waals surface area (Å²) < 4.78 is 103. The van der Waals surface area contributed by atoms with Crippen LogP contribution in [0.15, 0.2) is 85.2 Å². The summed E-state index contributed by atoms with van der Waals surface area (Å²) in [5.41, 5.74) is 3.93. The van der Waals surface area contributed by atoms with Crippen LogP contribution in [0.1, 0.15) is 77.7 Å². The third-order valence-corrected chi connectivity index (χ3v) is 9.06. The van der Waals surface area contributed by atoms with Gasteiger partial charge >= 0.3 is 311 Å². The van der Waals surface area contributed by atoms with Gasteiger partial charge in [-0.2, -0.15) is 0 Å². The molecule has 0 atom stereocenters.